The smallest absolute Gasteiger partial charge is 0.0269 e. The Morgan fingerprint density at radius 3 is 2.33 bits per heavy atom. The average molecular weight is 168 g/mol. The molecular weight excluding hydrogens is 148 g/mol. The Hall–Kier alpha value is -0.0800. The Morgan fingerprint density at radius 2 is 1.92 bits per heavy atom. The van der Waals surface area contributed by atoms with Gasteiger partial charge in [0, 0.05) is 6.04 Å². The highest BCUT2D eigenvalue weighted by Crippen LogP contribution is 2.45. The van der Waals surface area contributed by atoms with Gasteiger partial charge in [0.25, 0.3) is 0 Å². The molecule has 2 rings (SSSR count). The first-order chi connectivity index (χ1) is 5.83. The van der Waals surface area contributed by atoms with Gasteiger partial charge in [0.2, 0.25) is 0 Å². The lowest BCUT2D eigenvalue weighted by molar-refractivity contribution is 0.320. The molecule has 3 unspecified atom stereocenters. The Balaban J connectivity index is 1.89. The molecule has 70 valence electrons. The van der Waals surface area contributed by atoms with E-state index < -0.39 is 0 Å². The maximum atomic E-state index is 5.61. The van der Waals surface area contributed by atoms with Gasteiger partial charge in [0.05, 0.1) is 0 Å². The van der Waals surface area contributed by atoms with Crippen LogP contribution in [0.5, 0.6) is 0 Å². The molecule has 2 aliphatic rings. The summed E-state index contributed by atoms with van der Waals surface area (Å²) in [5.74, 6) is 8.30. The Bertz CT molecular complexity index is 152. The molecule has 2 aliphatic carbocycles. The van der Waals surface area contributed by atoms with E-state index in [1.807, 2.05) is 0 Å². The maximum Gasteiger partial charge on any atom is 0.0269 e. The van der Waals surface area contributed by atoms with Gasteiger partial charge in [0.1, 0.15) is 0 Å². The molecule has 0 aliphatic heterocycles. The number of hydrazine groups is 1. The van der Waals surface area contributed by atoms with Crippen LogP contribution in [0, 0.1) is 17.8 Å². The first-order valence-corrected chi connectivity index (χ1v) is 5.29. The fraction of sp³-hybridized carbons (Fsp3) is 1.00. The predicted octanol–water partition coefficient (Wildman–Crippen LogP) is 1.66. The number of nitrogens with two attached hydrogens (primary N) is 1. The van der Waals surface area contributed by atoms with Gasteiger partial charge in [-0.3, -0.25) is 11.3 Å². The van der Waals surface area contributed by atoms with E-state index in [9.17, 15) is 0 Å². The van der Waals surface area contributed by atoms with Crippen molar-refractivity contribution in [1.82, 2.24) is 5.43 Å². The molecule has 0 spiro atoms. The van der Waals surface area contributed by atoms with Crippen molar-refractivity contribution in [3.8, 4) is 0 Å². The molecule has 12 heavy (non-hydrogen) atoms. The molecule has 3 N–H and O–H groups in total. The zero-order valence-electron chi connectivity index (χ0n) is 7.92. The van der Waals surface area contributed by atoms with Crippen LogP contribution in [0.3, 0.4) is 0 Å². The lowest BCUT2D eigenvalue weighted by Crippen LogP contribution is -2.42. The first-order valence-electron chi connectivity index (χ1n) is 5.29. The van der Waals surface area contributed by atoms with Gasteiger partial charge < -0.3 is 0 Å². The fourth-order valence-corrected chi connectivity index (χ4v) is 2.78. The van der Waals surface area contributed by atoms with Gasteiger partial charge in [-0.05, 0) is 37.0 Å². The summed E-state index contributed by atoms with van der Waals surface area (Å²) in [6, 6.07) is 0.627. The van der Waals surface area contributed by atoms with Crippen LogP contribution in [0.4, 0.5) is 0 Å². The second-order valence-corrected chi connectivity index (χ2v) is 4.61. The van der Waals surface area contributed by atoms with Crippen molar-refractivity contribution < 1.29 is 0 Å². The SMILES string of the molecule is CC1CC1C(NN)C1CCCC1. The second-order valence-electron chi connectivity index (χ2n) is 4.61. The van der Waals surface area contributed by atoms with Crippen molar-refractivity contribution in [2.75, 3.05) is 0 Å². The monoisotopic (exact) mass is 168 g/mol. The third-order valence-electron chi connectivity index (χ3n) is 3.73. The van der Waals surface area contributed by atoms with Crippen molar-refractivity contribution in [2.45, 2.75) is 45.1 Å². The minimum absolute atomic E-state index is 0.627. The molecular formula is C10H20N2. The largest absolute Gasteiger partial charge is 0.271 e. The Labute approximate surface area is 74.9 Å². The summed E-state index contributed by atoms with van der Waals surface area (Å²) >= 11 is 0. The van der Waals surface area contributed by atoms with Crippen LogP contribution < -0.4 is 11.3 Å². The van der Waals surface area contributed by atoms with E-state index in [-0.39, 0.29) is 0 Å². The van der Waals surface area contributed by atoms with E-state index in [0.717, 1.165) is 17.8 Å². The van der Waals surface area contributed by atoms with Gasteiger partial charge in [-0.1, -0.05) is 19.8 Å². The zero-order valence-corrected chi connectivity index (χ0v) is 7.92. The zero-order chi connectivity index (χ0) is 8.55. The van der Waals surface area contributed by atoms with E-state index in [1.165, 1.54) is 32.1 Å². The minimum atomic E-state index is 0.627. The van der Waals surface area contributed by atoms with Gasteiger partial charge >= 0.3 is 0 Å². The molecule has 0 saturated heterocycles. The molecule has 0 heterocycles. The number of hydrogen-bond donors (Lipinski definition) is 2. The van der Waals surface area contributed by atoms with Gasteiger partial charge in [-0.2, -0.15) is 0 Å². The van der Waals surface area contributed by atoms with E-state index in [4.69, 9.17) is 5.84 Å². The quantitative estimate of drug-likeness (QED) is 0.497. The Morgan fingerprint density at radius 1 is 1.33 bits per heavy atom. The van der Waals surface area contributed by atoms with Crippen molar-refractivity contribution in [3.05, 3.63) is 0 Å². The van der Waals surface area contributed by atoms with Crippen LogP contribution >= 0.6 is 0 Å². The van der Waals surface area contributed by atoms with Crippen LogP contribution in [0.2, 0.25) is 0 Å². The van der Waals surface area contributed by atoms with E-state index in [1.54, 1.807) is 0 Å². The lowest BCUT2D eigenvalue weighted by Gasteiger charge is -2.22. The van der Waals surface area contributed by atoms with E-state index in [2.05, 4.69) is 12.3 Å². The molecule has 0 aromatic rings. The van der Waals surface area contributed by atoms with Crippen molar-refractivity contribution >= 4 is 0 Å². The minimum Gasteiger partial charge on any atom is -0.271 e. The normalized spacial score (nSPS) is 38.5. The first kappa shape index (κ1) is 8.52. The Kier molecular flexibility index (Phi) is 2.37. The van der Waals surface area contributed by atoms with Crippen molar-refractivity contribution in [2.24, 2.45) is 23.6 Å². The molecule has 0 aromatic carbocycles. The van der Waals surface area contributed by atoms with Crippen molar-refractivity contribution in [1.29, 1.82) is 0 Å². The molecule has 0 amide bonds. The summed E-state index contributed by atoms with van der Waals surface area (Å²) in [7, 11) is 0. The highest BCUT2D eigenvalue weighted by atomic mass is 15.2. The number of rotatable bonds is 3. The molecule has 0 radical (unpaired) electrons. The molecule has 2 heteroatoms. The molecule has 2 nitrogen and oxygen atoms in total. The van der Waals surface area contributed by atoms with Crippen molar-refractivity contribution in [3.63, 3.8) is 0 Å². The summed E-state index contributed by atoms with van der Waals surface area (Å²) in [6.45, 7) is 2.34. The molecule has 3 atom stereocenters. The average Bonchev–Trinajstić information content (AvgIpc) is 2.60. The third-order valence-corrected chi connectivity index (χ3v) is 3.73. The third kappa shape index (κ3) is 1.50. The summed E-state index contributed by atoms with van der Waals surface area (Å²) in [4.78, 5) is 0. The number of nitrogens with one attached hydrogen (secondary N) is 1. The molecule has 2 fully saturated rings. The van der Waals surface area contributed by atoms with Crippen LogP contribution in [0.15, 0.2) is 0 Å². The summed E-state index contributed by atoms with van der Waals surface area (Å²) in [5, 5.41) is 0. The van der Waals surface area contributed by atoms with Gasteiger partial charge in [-0.25, -0.2) is 0 Å². The summed E-state index contributed by atoms with van der Waals surface area (Å²) < 4.78 is 0. The highest BCUT2D eigenvalue weighted by molar-refractivity contribution is 4.95. The summed E-state index contributed by atoms with van der Waals surface area (Å²) in [5.41, 5.74) is 3.04. The van der Waals surface area contributed by atoms with Gasteiger partial charge in [0.15, 0.2) is 0 Å². The fourth-order valence-electron chi connectivity index (χ4n) is 2.78. The molecule has 2 saturated carbocycles. The van der Waals surface area contributed by atoms with Crippen LogP contribution in [0.25, 0.3) is 0 Å². The summed E-state index contributed by atoms with van der Waals surface area (Å²) in [6.07, 6.45) is 7.04. The number of hydrogen-bond acceptors (Lipinski definition) is 2. The van der Waals surface area contributed by atoms with E-state index >= 15 is 0 Å². The lowest BCUT2D eigenvalue weighted by atomic mass is 9.94. The highest BCUT2D eigenvalue weighted by Gasteiger charge is 2.42. The van der Waals surface area contributed by atoms with E-state index in [0.29, 0.717) is 6.04 Å². The molecule has 0 aromatic heterocycles. The maximum absolute atomic E-state index is 5.61. The second kappa shape index (κ2) is 3.35. The van der Waals surface area contributed by atoms with Crippen LogP contribution in [0.1, 0.15) is 39.0 Å². The topological polar surface area (TPSA) is 38.0 Å². The van der Waals surface area contributed by atoms with Gasteiger partial charge in [-0.15, -0.1) is 0 Å². The van der Waals surface area contributed by atoms with Crippen LogP contribution in [-0.2, 0) is 0 Å². The predicted molar refractivity (Wildman–Crippen MR) is 50.3 cm³/mol. The molecule has 0 bridgehead atoms. The van der Waals surface area contributed by atoms with Crippen LogP contribution in [-0.4, -0.2) is 6.04 Å². The standard InChI is InChI=1S/C10H20N2/c1-7-6-9(7)10(12-11)8-4-2-3-5-8/h7-10,12H,2-6,11H2,1H3.